The highest BCUT2D eigenvalue weighted by Crippen LogP contribution is 2.15. The maximum absolute atomic E-state index is 13.0. The summed E-state index contributed by atoms with van der Waals surface area (Å²) in [5.41, 5.74) is 1.82. The largest absolute Gasteiger partial charge is 0.491 e. The summed E-state index contributed by atoms with van der Waals surface area (Å²) in [6.45, 7) is 5.79. The van der Waals surface area contributed by atoms with E-state index < -0.39 is 0 Å². The maximum atomic E-state index is 13.0. The van der Waals surface area contributed by atoms with Gasteiger partial charge in [-0.2, -0.15) is 0 Å². The van der Waals surface area contributed by atoms with E-state index in [0.29, 0.717) is 26.2 Å². The van der Waals surface area contributed by atoms with Crippen molar-refractivity contribution in [3.05, 3.63) is 65.5 Å². The molecule has 0 bridgehead atoms. The molecule has 0 atom stereocenters. The van der Waals surface area contributed by atoms with E-state index in [1.807, 2.05) is 38.1 Å². The van der Waals surface area contributed by atoms with Gasteiger partial charge in [0.2, 0.25) is 5.91 Å². The minimum atomic E-state index is -0.304. The molecule has 0 aliphatic carbocycles. The lowest BCUT2D eigenvalue weighted by atomic mass is 10.2. The van der Waals surface area contributed by atoms with Crippen molar-refractivity contribution in [3.8, 4) is 5.75 Å². The Labute approximate surface area is 170 Å². The SMILES string of the molecule is CC(C)Oc1ccc(CNC(=O)CN2CCN(Cc3ccc(F)cc3)C2=O)cc1. The van der Waals surface area contributed by atoms with E-state index in [9.17, 15) is 14.0 Å². The monoisotopic (exact) mass is 399 g/mol. The summed E-state index contributed by atoms with van der Waals surface area (Å²) in [5, 5.41) is 2.84. The van der Waals surface area contributed by atoms with Gasteiger partial charge in [-0.3, -0.25) is 4.79 Å². The lowest BCUT2D eigenvalue weighted by Gasteiger charge is -2.18. The van der Waals surface area contributed by atoms with Gasteiger partial charge < -0.3 is 19.9 Å². The number of halogens is 1. The van der Waals surface area contributed by atoms with Crippen LogP contribution in [0, 0.1) is 5.82 Å². The van der Waals surface area contributed by atoms with Crippen LogP contribution in [0.25, 0.3) is 0 Å². The summed E-state index contributed by atoms with van der Waals surface area (Å²) < 4.78 is 18.6. The number of hydrogen-bond donors (Lipinski definition) is 1. The van der Waals surface area contributed by atoms with Gasteiger partial charge in [0, 0.05) is 26.2 Å². The molecule has 0 radical (unpaired) electrons. The highest BCUT2D eigenvalue weighted by molar-refractivity contribution is 5.85. The van der Waals surface area contributed by atoms with Gasteiger partial charge in [-0.15, -0.1) is 0 Å². The number of carbonyl (C=O) groups is 2. The molecule has 1 fully saturated rings. The third kappa shape index (κ3) is 5.94. The number of urea groups is 1. The Bertz CT molecular complexity index is 837. The average molecular weight is 399 g/mol. The number of ether oxygens (including phenoxy) is 1. The molecule has 3 rings (SSSR count). The van der Waals surface area contributed by atoms with Gasteiger partial charge in [0.15, 0.2) is 0 Å². The second-order valence-corrected chi connectivity index (χ2v) is 7.34. The van der Waals surface area contributed by atoms with E-state index in [-0.39, 0.29) is 30.4 Å². The van der Waals surface area contributed by atoms with Gasteiger partial charge in [-0.1, -0.05) is 24.3 Å². The van der Waals surface area contributed by atoms with E-state index in [1.54, 1.807) is 17.0 Å². The lowest BCUT2D eigenvalue weighted by molar-refractivity contribution is -0.121. The Morgan fingerprint density at radius 1 is 1.03 bits per heavy atom. The van der Waals surface area contributed by atoms with Gasteiger partial charge in [0.25, 0.3) is 0 Å². The van der Waals surface area contributed by atoms with E-state index in [0.717, 1.165) is 16.9 Å². The first kappa shape index (κ1) is 20.6. The fraction of sp³-hybridized carbons (Fsp3) is 0.364. The number of nitrogens with zero attached hydrogens (tertiary/aromatic N) is 2. The van der Waals surface area contributed by atoms with E-state index in [2.05, 4.69) is 5.32 Å². The Morgan fingerprint density at radius 2 is 1.66 bits per heavy atom. The van der Waals surface area contributed by atoms with Crippen LogP contribution in [-0.2, 0) is 17.9 Å². The minimum absolute atomic E-state index is 0.0211. The lowest BCUT2D eigenvalue weighted by Crippen LogP contribution is -2.39. The molecule has 29 heavy (non-hydrogen) atoms. The summed E-state index contributed by atoms with van der Waals surface area (Å²) in [6.07, 6.45) is 0.112. The average Bonchev–Trinajstić information content (AvgIpc) is 3.02. The fourth-order valence-corrected chi connectivity index (χ4v) is 3.12. The van der Waals surface area contributed by atoms with Gasteiger partial charge in [0.05, 0.1) is 6.10 Å². The van der Waals surface area contributed by atoms with Crippen molar-refractivity contribution in [2.75, 3.05) is 19.6 Å². The van der Waals surface area contributed by atoms with Crippen molar-refractivity contribution in [1.82, 2.24) is 15.1 Å². The third-order valence-electron chi connectivity index (χ3n) is 4.59. The van der Waals surface area contributed by atoms with Crippen LogP contribution in [0.2, 0.25) is 0 Å². The van der Waals surface area contributed by atoms with E-state index in [4.69, 9.17) is 4.74 Å². The zero-order valence-corrected chi connectivity index (χ0v) is 16.7. The van der Waals surface area contributed by atoms with Gasteiger partial charge in [0.1, 0.15) is 18.1 Å². The van der Waals surface area contributed by atoms with Gasteiger partial charge in [-0.05, 0) is 49.2 Å². The van der Waals surface area contributed by atoms with Crippen LogP contribution in [0.15, 0.2) is 48.5 Å². The molecular weight excluding hydrogens is 373 g/mol. The summed E-state index contributed by atoms with van der Waals surface area (Å²) >= 11 is 0. The number of nitrogens with one attached hydrogen (secondary N) is 1. The van der Waals surface area contributed by atoms with Crippen molar-refractivity contribution in [2.45, 2.75) is 33.0 Å². The number of benzene rings is 2. The molecule has 6 nitrogen and oxygen atoms in total. The molecule has 1 aliphatic heterocycles. The number of carbonyl (C=O) groups excluding carboxylic acids is 2. The van der Waals surface area contributed by atoms with E-state index in [1.165, 1.54) is 17.0 Å². The van der Waals surface area contributed by atoms with Crippen molar-refractivity contribution in [2.24, 2.45) is 0 Å². The summed E-state index contributed by atoms with van der Waals surface area (Å²) in [6, 6.07) is 13.5. The predicted molar refractivity (Wildman–Crippen MR) is 108 cm³/mol. The summed E-state index contributed by atoms with van der Waals surface area (Å²) in [5.74, 6) is 0.283. The Hall–Kier alpha value is -3.09. The Morgan fingerprint density at radius 3 is 2.31 bits per heavy atom. The zero-order chi connectivity index (χ0) is 20.8. The first-order chi connectivity index (χ1) is 13.9. The topological polar surface area (TPSA) is 61.9 Å². The van der Waals surface area contributed by atoms with Crippen LogP contribution < -0.4 is 10.1 Å². The fourth-order valence-electron chi connectivity index (χ4n) is 3.12. The molecule has 0 spiro atoms. The molecular formula is C22H26FN3O3. The molecule has 2 aromatic rings. The van der Waals surface area contributed by atoms with Crippen molar-refractivity contribution >= 4 is 11.9 Å². The molecule has 154 valence electrons. The molecule has 1 saturated heterocycles. The highest BCUT2D eigenvalue weighted by Gasteiger charge is 2.29. The van der Waals surface area contributed by atoms with Crippen LogP contribution in [0.5, 0.6) is 5.75 Å². The zero-order valence-electron chi connectivity index (χ0n) is 16.7. The van der Waals surface area contributed by atoms with Crippen molar-refractivity contribution in [1.29, 1.82) is 0 Å². The molecule has 2 aromatic carbocycles. The molecule has 0 aromatic heterocycles. The van der Waals surface area contributed by atoms with Crippen LogP contribution in [-0.4, -0.2) is 47.5 Å². The maximum Gasteiger partial charge on any atom is 0.320 e. The van der Waals surface area contributed by atoms with Crippen LogP contribution in [0.1, 0.15) is 25.0 Å². The molecule has 3 amide bonds. The molecule has 0 saturated carbocycles. The second-order valence-electron chi connectivity index (χ2n) is 7.34. The first-order valence-corrected chi connectivity index (χ1v) is 9.71. The quantitative estimate of drug-likeness (QED) is 0.742. The van der Waals surface area contributed by atoms with Crippen LogP contribution >= 0.6 is 0 Å². The molecule has 1 N–H and O–H groups in total. The predicted octanol–water partition coefficient (Wildman–Crippen LogP) is 3.17. The molecule has 0 unspecified atom stereocenters. The standard InChI is InChI=1S/C22H26FN3O3/c1-16(2)29-20-9-5-17(6-10-20)13-24-21(27)15-26-12-11-25(22(26)28)14-18-3-7-19(23)8-4-18/h3-10,16H,11-15H2,1-2H3,(H,24,27). The van der Waals surface area contributed by atoms with E-state index >= 15 is 0 Å². The van der Waals surface area contributed by atoms with Crippen LogP contribution in [0.4, 0.5) is 9.18 Å². The Kier molecular flexibility index (Phi) is 6.69. The summed E-state index contributed by atoms with van der Waals surface area (Å²) in [4.78, 5) is 27.9. The number of hydrogen-bond acceptors (Lipinski definition) is 3. The van der Waals surface area contributed by atoms with Crippen molar-refractivity contribution in [3.63, 3.8) is 0 Å². The molecule has 1 aliphatic rings. The van der Waals surface area contributed by atoms with Gasteiger partial charge in [-0.25, -0.2) is 9.18 Å². The van der Waals surface area contributed by atoms with Gasteiger partial charge >= 0.3 is 6.03 Å². The smallest absolute Gasteiger partial charge is 0.320 e. The minimum Gasteiger partial charge on any atom is -0.491 e. The highest BCUT2D eigenvalue weighted by atomic mass is 19.1. The second kappa shape index (κ2) is 9.41. The normalized spacial score (nSPS) is 13.9. The number of rotatable bonds is 8. The molecule has 7 heteroatoms. The molecule has 1 heterocycles. The summed E-state index contributed by atoms with van der Waals surface area (Å²) in [7, 11) is 0. The van der Waals surface area contributed by atoms with Crippen LogP contribution in [0.3, 0.4) is 0 Å². The Balaban J connectivity index is 1.44. The third-order valence-corrected chi connectivity index (χ3v) is 4.59. The number of amides is 3. The first-order valence-electron chi connectivity index (χ1n) is 9.71. The van der Waals surface area contributed by atoms with Crippen molar-refractivity contribution < 1.29 is 18.7 Å².